The normalized spacial score (nSPS) is 23.8. The topological polar surface area (TPSA) is 326 Å². The Morgan fingerprint density at radius 3 is 1.25 bits per heavy atom. The van der Waals surface area contributed by atoms with Crippen molar-refractivity contribution >= 4 is 119 Å². The van der Waals surface area contributed by atoms with E-state index in [2.05, 4.69) is 121 Å². The van der Waals surface area contributed by atoms with Crippen LogP contribution in [0.25, 0.3) is 11.1 Å². The summed E-state index contributed by atoms with van der Waals surface area (Å²) in [7, 11) is -1.46. The quantitative estimate of drug-likeness (QED) is 0.0341. The van der Waals surface area contributed by atoms with E-state index in [1.807, 2.05) is 24.4 Å². The van der Waals surface area contributed by atoms with Crippen LogP contribution in [0.3, 0.4) is 0 Å². The number of aliphatic hydroxyl groups excluding tert-OH is 1. The Morgan fingerprint density at radius 2 is 0.818 bits per heavy atom. The summed E-state index contributed by atoms with van der Waals surface area (Å²) >= 11 is 26.4. The van der Waals surface area contributed by atoms with Crippen molar-refractivity contribution in [3.63, 3.8) is 0 Å². The molecule has 0 bridgehead atoms. The first-order valence-electron chi connectivity index (χ1n) is 37.3. The summed E-state index contributed by atoms with van der Waals surface area (Å²) in [6.07, 6.45) is 21.8. The Morgan fingerprint density at radius 1 is 0.436 bits per heavy atom. The zero-order chi connectivity index (χ0) is 77.1. The minimum atomic E-state index is -1.46. The molecule has 4 atom stereocenters. The lowest BCUT2D eigenvalue weighted by Crippen LogP contribution is -2.33. The van der Waals surface area contributed by atoms with Crippen LogP contribution in [0.5, 0.6) is 40.6 Å². The maximum atomic E-state index is 8.88. The van der Waals surface area contributed by atoms with Crippen LogP contribution in [0.2, 0.25) is 15.7 Å². The molecular formula is C74H102BBr3Cl4N10O18. The molecule has 110 heavy (non-hydrogen) atoms. The fraction of sp³-hybridized carbons (Fsp3) is 0.622. The zero-order valence-corrected chi connectivity index (χ0v) is 70.3. The van der Waals surface area contributed by atoms with Gasteiger partial charge in [-0.05, 0) is 181 Å². The lowest BCUT2D eigenvalue weighted by Gasteiger charge is -2.27. The van der Waals surface area contributed by atoms with E-state index in [0.29, 0.717) is 198 Å². The van der Waals surface area contributed by atoms with Gasteiger partial charge in [0.2, 0.25) is 40.1 Å². The van der Waals surface area contributed by atoms with E-state index in [1.54, 1.807) is 30.6 Å². The van der Waals surface area contributed by atoms with E-state index in [9.17, 15) is 0 Å². The number of hydrogen-bond acceptors (Lipinski definition) is 28. The van der Waals surface area contributed by atoms with Crippen LogP contribution in [-0.2, 0) is 37.9 Å². The summed E-state index contributed by atoms with van der Waals surface area (Å²) in [6.45, 7) is 19.9. The lowest BCUT2D eigenvalue weighted by atomic mass is 9.80. The summed E-state index contributed by atoms with van der Waals surface area (Å²) in [4.78, 5) is 33.2. The number of ether oxygens (including phenoxy) is 15. The highest BCUT2D eigenvalue weighted by Gasteiger charge is 2.26. The van der Waals surface area contributed by atoms with Crippen molar-refractivity contribution in [3.8, 4) is 51.8 Å². The van der Waals surface area contributed by atoms with E-state index in [1.165, 1.54) is 70.4 Å². The standard InChI is InChI=1S/C24H31N3O5.C16H24BrN3O3.C9H10BrClN2O3.C8H9BO4.C8H16.C5H10O3.C4HBrCl2N2.ClH/c1-16-2-5-18(6-3-16)26-24-25-13-20(17-4-7-21-22(12-17)31-11-10-30-21)23(27-24)32-15-19-14-28-8-9-29-19;1-11-2-4-12(5-3-11)19-16-18-8-14(17)15(20-16)23-10-13-9-21-6-7-22-13;10-7-3-12-9(11)13-8(7)16-5-6-4-14-1-2-15-6;10-9(11)6-1-2-7-8(5-6)13-4-3-12-7;1-7-3-5-8(2)6-4-7;6-3-5-4-7-1-2-8-5;5-2-1-8-4(7)9-3(2)6;/h4,7,12-13,16,18-19H,2-3,5-6,8-11,14-15H2,1H3,(H,25,26,27);8,11-13H,2-7,9-10H2,1H3,(H,18,19,20);3,6H,1-2,4-5H2;1-2,5,10-11H,3-4H2;7-8H,3-6H2,1-2H3;5-6H,1-4H2;1H;1H/t16?,18?,19-;11?,12?,13-;6-;;;5-;;/m111..0../s1. The highest BCUT2D eigenvalue weighted by molar-refractivity contribution is 9.11. The van der Waals surface area contributed by atoms with Gasteiger partial charge in [0.1, 0.15) is 75.8 Å². The molecule has 0 amide bonds. The van der Waals surface area contributed by atoms with Gasteiger partial charge in [-0.15, -0.1) is 12.4 Å². The lowest BCUT2D eigenvalue weighted by molar-refractivity contribution is -0.105. The van der Waals surface area contributed by atoms with E-state index in [0.717, 1.165) is 63.6 Å². The molecule has 7 fully saturated rings. The maximum Gasteiger partial charge on any atom is 0.488 e. The van der Waals surface area contributed by atoms with Crippen LogP contribution in [0.1, 0.15) is 105 Å². The Kier molecular flexibility index (Phi) is 41.1. The monoisotopic (exact) mass is 1810 g/mol. The molecule has 0 unspecified atom stereocenters. The van der Waals surface area contributed by atoms with Gasteiger partial charge in [-0.2, -0.15) is 15.0 Å². The SMILES string of the molecule is CC1CCC(C)CC1.CC1CCC(Nc2ncc(-c3ccc4c(c3)OCCO4)c(OC[C@H]3COCCO3)n2)CC1.CC1CCC(Nc2ncc(Br)c(OC[C@H]3COCCO3)n2)CC1.Cl.Clc1ncc(Br)c(Cl)n1.Clc1ncc(Br)c(OC[C@H]2COCCO2)n1.OB(O)c1ccc2c(c1)OCCO2.OC[C@H]1COCCO1. The van der Waals surface area contributed by atoms with Crippen molar-refractivity contribution in [1.29, 1.82) is 0 Å². The first-order chi connectivity index (χ1) is 52.9. The van der Waals surface area contributed by atoms with Gasteiger partial charge in [-0.25, -0.2) is 24.9 Å². The van der Waals surface area contributed by atoms with Crippen molar-refractivity contribution in [3.05, 3.63) is 90.3 Å². The summed E-state index contributed by atoms with van der Waals surface area (Å²) in [6, 6.07) is 11.5. The third-order valence-corrected chi connectivity index (χ3v) is 21.1. The average molecular weight is 1810 g/mol. The molecule has 4 saturated heterocycles. The highest BCUT2D eigenvalue weighted by Crippen LogP contribution is 2.39. The van der Waals surface area contributed by atoms with Crippen LogP contribution in [0.15, 0.2) is 74.6 Å². The second-order valence-corrected chi connectivity index (χ2v) is 31.0. The van der Waals surface area contributed by atoms with Gasteiger partial charge in [0, 0.05) is 30.7 Å². The Hall–Kier alpha value is -4.82. The van der Waals surface area contributed by atoms with E-state index in [4.69, 9.17) is 126 Å². The molecule has 2 aromatic carbocycles. The second-order valence-electron chi connectivity index (χ2n) is 27.4. The van der Waals surface area contributed by atoms with E-state index in [-0.39, 0.29) is 54.0 Å². The van der Waals surface area contributed by atoms with Crippen molar-refractivity contribution in [2.24, 2.45) is 23.7 Å². The van der Waals surface area contributed by atoms with Gasteiger partial charge in [0.15, 0.2) is 23.0 Å². The predicted molar refractivity (Wildman–Crippen MR) is 430 cm³/mol. The molecule has 3 saturated carbocycles. The molecule has 28 nitrogen and oxygen atoms in total. The van der Waals surface area contributed by atoms with E-state index >= 15 is 0 Å². The number of hydrogen-bond donors (Lipinski definition) is 5. The second kappa shape index (κ2) is 49.8. The molecule has 4 aromatic heterocycles. The molecular weight excluding hydrogens is 1710 g/mol. The summed E-state index contributed by atoms with van der Waals surface area (Å²) in [5, 5.41) is 33.8. The van der Waals surface area contributed by atoms with Gasteiger partial charge in [0.25, 0.3) is 0 Å². The van der Waals surface area contributed by atoms with E-state index < -0.39 is 7.12 Å². The van der Waals surface area contributed by atoms with Crippen LogP contribution in [-0.4, -0.2) is 231 Å². The largest absolute Gasteiger partial charge is 0.488 e. The molecule has 3 aliphatic carbocycles. The third kappa shape index (κ3) is 32.5. The van der Waals surface area contributed by atoms with Crippen molar-refractivity contribution in [1.82, 2.24) is 39.9 Å². The molecule has 6 aliphatic heterocycles. The summed E-state index contributed by atoms with van der Waals surface area (Å²) in [5.41, 5.74) is 2.13. The summed E-state index contributed by atoms with van der Waals surface area (Å²) in [5.74, 6) is 9.06. The first kappa shape index (κ1) is 90.7. The molecule has 6 aromatic rings. The van der Waals surface area contributed by atoms with Crippen molar-refractivity contribution in [2.45, 2.75) is 141 Å². The van der Waals surface area contributed by atoms with Gasteiger partial charge >= 0.3 is 7.12 Å². The van der Waals surface area contributed by atoms with Crippen LogP contribution in [0, 0.1) is 23.7 Å². The van der Waals surface area contributed by atoms with Gasteiger partial charge in [-0.1, -0.05) is 77.1 Å². The smallest absolute Gasteiger partial charge is 0.486 e. The number of benzene rings is 2. The third-order valence-electron chi connectivity index (χ3n) is 18.5. The molecule has 608 valence electrons. The number of rotatable bonds is 16. The van der Waals surface area contributed by atoms with Crippen LogP contribution in [0.4, 0.5) is 11.9 Å². The maximum absolute atomic E-state index is 8.88. The molecule has 0 spiro atoms. The van der Waals surface area contributed by atoms with Gasteiger partial charge < -0.3 is 96.8 Å². The zero-order valence-electron chi connectivity index (χ0n) is 62.5. The summed E-state index contributed by atoms with van der Waals surface area (Å²) < 4.78 is 84.3. The molecule has 5 N–H and O–H groups in total. The van der Waals surface area contributed by atoms with Crippen LogP contribution < -0.4 is 49.3 Å². The number of halogens is 7. The Balaban J connectivity index is 0.000000172. The number of aliphatic hydroxyl groups is 1. The molecule has 9 aliphatic rings. The Bertz CT molecular complexity index is 3620. The fourth-order valence-corrected chi connectivity index (χ4v) is 13.3. The number of nitrogens with zero attached hydrogens (tertiary/aromatic N) is 8. The van der Waals surface area contributed by atoms with Crippen LogP contribution >= 0.6 is 95.0 Å². The van der Waals surface area contributed by atoms with Crippen molar-refractivity contribution < 1.29 is 86.2 Å². The van der Waals surface area contributed by atoms with Gasteiger partial charge in [0.05, 0.1) is 111 Å². The minimum absolute atomic E-state index is 0. The van der Waals surface area contributed by atoms with Crippen molar-refractivity contribution in [2.75, 3.05) is 143 Å². The number of nitrogens with one attached hydrogen (secondary N) is 2. The average Bonchev–Trinajstić information content (AvgIpc) is 0.803. The number of aromatic nitrogens is 8. The molecule has 36 heteroatoms. The minimum Gasteiger partial charge on any atom is -0.486 e. The predicted octanol–water partition coefficient (Wildman–Crippen LogP) is 12.7. The fourth-order valence-electron chi connectivity index (χ4n) is 12.1. The highest BCUT2D eigenvalue weighted by atomic mass is 79.9. The molecule has 15 rings (SSSR count). The Labute approximate surface area is 690 Å². The molecule has 0 radical (unpaired) electrons. The number of anilines is 2. The molecule has 10 heterocycles. The van der Waals surface area contributed by atoms with Gasteiger partial charge in [-0.3, -0.25) is 0 Å². The number of fused-ring (bicyclic) bond motifs is 2. The first-order valence-corrected chi connectivity index (χ1v) is 40.8.